The monoisotopic (exact) mass is 392 g/mol. The van der Waals surface area contributed by atoms with Crippen LogP contribution in [0.3, 0.4) is 0 Å². The molecule has 3 rings (SSSR count). The van der Waals surface area contributed by atoms with Crippen molar-refractivity contribution in [1.29, 1.82) is 0 Å². The first-order chi connectivity index (χ1) is 13.2. The Morgan fingerprint density at radius 2 is 1.75 bits per heavy atom. The van der Waals surface area contributed by atoms with E-state index < -0.39 is 0 Å². The molecule has 0 aliphatic heterocycles. The third-order valence-electron chi connectivity index (χ3n) is 3.00. The van der Waals surface area contributed by atoms with Gasteiger partial charge in [-0.3, -0.25) is 14.7 Å². The molecule has 0 saturated heterocycles. The van der Waals surface area contributed by atoms with E-state index in [4.69, 9.17) is 15.9 Å². The summed E-state index contributed by atoms with van der Waals surface area (Å²) in [6.45, 7) is 6.34. The number of carbonyl (C=O) groups is 2. The van der Waals surface area contributed by atoms with Gasteiger partial charge in [-0.1, -0.05) is 0 Å². The molecule has 0 aromatic carbocycles. The molecule has 5 N–H and O–H groups in total. The molecule has 3 aromatic heterocycles. The van der Waals surface area contributed by atoms with E-state index in [0.717, 1.165) is 11.4 Å². The van der Waals surface area contributed by atoms with Gasteiger partial charge in [0, 0.05) is 11.4 Å². The summed E-state index contributed by atoms with van der Waals surface area (Å²) < 4.78 is 1.62. The van der Waals surface area contributed by atoms with E-state index in [-0.39, 0.29) is 37.1 Å². The number of carbonyl (C=O) groups excluding carboxylic acids is 2. The summed E-state index contributed by atoms with van der Waals surface area (Å²) in [5.74, 6) is 1.37. The summed E-state index contributed by atoms with van der Waals surface area (Å²) in [4.78, 5) is 31.9. The van der Waals surface area contributed by atoms with Gasteiger partial charge in [-0.15, -0.1) is 10.2 Å². The molecule has 152 valence electrons. The quantitative estimate of drug-likeness (QED) is 0.428. The van der Waals surface area contributed by atoms with Crippen LogP contribution in [0.2, 0.25) is 0 Å². The van der Waals surface area contributed by atoms with E-state index in [9.17, 15) is 9.59 Å². The molecule has 0 fully saturated rings. The third-order valence-corrected chi connectivity index (χ3v) is 3.00. The van der Waals surface area contributed by atoms with Crippen LogP contribution in [0.4, 0.5) is 5.95 Å². The molecule has 0 aliphatic carbocycles. The number of nitrogens with one attached hydrogen (secondary N) is 1. The molecular formula is C16H24N8O4. The molecule has 0 atom stereocenters. The van der Waals surface area contributed by atoms with Gasteiger partial charge in [-0.2, -0.15) is 9.97 Å². The lowest BCUT2D eigenvalue weighted by Gasteiger charge is -1.97. The van der Waals surface area contributed by atoms with Gasteiger partial charge in [0.1, 0.15) is 24.8 Å². The lowest BCUT2D eigenvalue weighted by Crippen LogP contribution is -1.97. The highest BCUT2D eigenvalue weighted by atomic mass is 16.3. The molecule has 0 amide bonds. The summed E-state index contributed by atoms with van der Waals surface area (Å²) in [5.41, 5.74) is 6.96. The highest BCUT2D eigenvalue weighted by Crippen LogP contribution is 2.04. The van der Waals surface area contributed by atoms with Crippen LogP contribution in [0, 0.1) is 13.8 Å². The molecule has 0 spiro atoms. The Morgan fingerprint density at radius 1 is 1.11 bits per heavy atom. The number of aromatic amines is 1. The van der Waals surface area contributed by atoms with Crippen molar-refractivity contribution in [3.05, 3.63) is 29.1 Å². The van der Waals surface area contributed by atoms with Crippen molar-refractivity contribution < 1.29 is 19.8 Å². The number of nitrogens with two attached hydrogens (primary N) is 1. The van der Waals surface area contributed by atoms with Gasteiger partial charge in [-0.25, -0.2) is 9.50 Å². The fraction of sp³-hybridized carbons (Fsp3) is 0.438. The number of rotatable bonds is 4. The van der Waals surface area contributed by atoms with E-state index in [1.165, 1.54) is 13.8 Å². The molecule has 3 aromatic rings. The number of hydrogen-bond acceptors (Lipinski definition) is 10. The van der Waals surface area contributed by atoms with Crippen molar-refractivity contribution in [3.8, 4) is 0 Å². The van der Waals surface area contributed by atoms with Crippen molar-refractivity contribution in [3.63, 3.8) is 0 Å². The molecule has 3 heterocycles. The zero-order chi connectivity index (χ0) is 21.3. The maximum absolute atomic E-state index is 10.0. The van der Waals surface area contributed by atoms with Crippen LogP contribution < -0.4 is 5.73 Å². The fourth-order valence-electron chi connectivity index (χ4n) is 2.01. The maximum Gasteiger partial charge on any atom is 0.252 e. The van der Waals surface area contributed by atoms with E-state index in [1.807, 2.05) is 19.9 Å². The summed E-state index contributed by atoms with van der Waals surface area (Å²) in [6, 6.07) is 1.92. The number of H-pyrrole nitrogens is 1. The topological polar surface area (TPSA) is 185 Å². The zero-order valence-electron chi connectivity index (χ0n) is 16.2. The predicted octanol–water partition coefficient (Wildman–Crippen LogP) is -0.333. The number of anilines is 1. The van der Waals surface area contributed by atoms with E-state index >= 15 is 0 Å². The number of ketones is 2. The van der Waals surface area contributed by atoms with Crippen LogP contribution in [-0.2, 0) is 22.8 Å². The van der Waals surface area contributed by atoms with E-state index in [0.29, 0.717) is 17.4 Å². The number of Topliss-reactive ketones (excluding diaryl/α,β-unsaturated/α-hetero) is 2. The van der Waals surface area contributed by atoms with Crippen LogP contribution in [-0.4, -0.2) is 56.5 Å². The van der Waals surface area contributed by atoms with Crippen LogP contribution in [0.15, 0.2) is 6.07 Å². The summed E-state index contributed by atoms with van der Waals surface area (Å²) in [6.07, 6.45) is 0.0833. The first-order valence-electron chi connectivity index (χ1n) is 8.23. The normalized spacial score (nSPS) is 9.93. The first-order valence-corrected chi connectivity index (χ1v) is 8.23. The summed E-state index contributed by atoms with van der Waals surface area (Å²) in [5, 5.41) is 27.1. The minimum Gasteiger partial charge on any atom is -0.388 e. The summed E-state index contributed by atoms with van der Waals surface area (Å²) in [7, 11) is 0. The standard InChI is InChI=1S/C8H10N4O.C5H8O2.C3H6N4O/c1-5-3-6(2)12-8(9-5)10-7(4-13)11-12;1-4(6)3-5(2)7;4-3-5-2(1-8)6-7-3/h3,13H,4H2,1-2H3;3H2,1-2H3;8H,1H2,(H3,4,5,6,7). The van der Waals surface area contributed by atoms with Crippen molar-refractivity contribution >= 4 is 23.3 Å². The highest BCUT2D eigenvalue weighted by Gasteiger charge is 2.05. The van der Waals surface area contributed by atoms with Gasteiger partial charge in [0.15, 0.2) is 11.6 Å². The lowest BCUT2D eigenvalue weighted by molar-refractivity contribution is -0.124. The second kappa shape index (κ2) is 10.8. The molecular weight excluding hydrogens is 368 g/mol. The Bertz CT molecular complexity index is 922. The Kier molecular flexibility index (Phi) is 8.78. The molecule has 12 heteroatoms. The Balaban J connectivity index is 0.000000227. The number of nitrogen functional groups attached to an aromatic ring is 1. The van der Waals surface area contributed by atoms with Crippen molar-refractivity contribution in [2.24, 2.45) is 0 Å². The minimum absolute atomic E-state index is 0.0625. The number of aryl methyl sites for hydroxylation is 2. The number of aliphatic hydroxyl groups excluding tert-OH is 2. The van der Waals surface area contributed by atoms with E-state index in [1.54, 1.807) is 4.52 Å². The minimum atomic E-state index is -0.151. The van der Waals surface area contributed by atoms with Crippen molar-refractivity contribution in [2.45, 2.75) is 47.3 Å². The van der Waals surface area contributed by atoms with Gasteiger partial charge in [0.25, 0.3) is 5.78 Å². The van der Waals surface area contributed by atoms with Crippen LogP contribution in [0.25, 0.3) is 5.78 Å². The Morgan fingerprint density at radius 3 is 2.14 bits per heavy atom. The number of nitrogens with zero attached hydrogens (tertiary/aromatic N) is 6. The van der Waals surface area contributed by atoms with Gasteiger partial charge < -0.3 is 15.9 Å². The van der Waals surface area contributed by atoms with Crippen LogP contribution in [0.1, 0.15) is 43.3 Å². The molecule has 0 aliphatic rings. The number of aromatic nitrogens is 7. The lowest BCUT2D eigenvalue weighted by atomic mass is 10.2. The second-order valence-corrected chi connectivity index (χ2v) is 5.82. The van der Waals surface area contributed by atoms with Gasteiger partial charge in [0.2, 0.25) is 5.95 Å². The first kappa shape index (κ1) is 22.8. The van der Waals surface area contributed by atoms with Gasteiger partial charge in [-0.05, 0) is 33.8 Å². The molecule has 12 nitrogen and oxygen atoms in total. The van der Waals surface area contributed by atoms with Gasteiger partial charge in [0.05, 0.1) is 6.42 Å². The third kappa shape index (κ3) is 7.55. The van der Waals surface area contributed by atoms with Crippen LogP contribution >= 0.6 is 0 Å². The molecule has 0 saturated carbocycles. The van der Waals surface area contributed by atoms with Crippen LogP contribution in [0.5, 0.6) is 0 Å². The zero-order valence-corrected chi connectivity index (χ0v) is 16.2. The average Bonchev–Trinajstić information content (AvgIpc) is 3.20. The van der Waals surface area contributed by atoms with E-state index in [2.05, 4.69) is 30.2 Å². The SMILES string of the molecule is CC(=O)CC(C)=O.Cc1cc(C)n2nc(CO)nc2n1.Nc1n[nH]c(CO)n1. The Hall–Kier alpha value is -3.25. The smallest absolute Gasteiger partial charge is 0.252 e. The summed E-state index contributed by atoms with van der Waals surface area (Å²) >= 11 is 0. The molecule has 0 bridgehead atoms. The molecule has 28 heavy (non-hydrogen) atoms. The fourth-order valence-corrected chi connectivity index (χ4v) is 2.01. The Labute approximate surface area is 160 Å². The number of aliphatic hydroxyl groups is 2. The number of hydrogen-bond donors (Lipinski definition) is 4. The number of fused-ring (bicyclic) bond motifs is 1. The van der Waals surface area contributed by atoms with Crippen molar-refractivity contribution in [1.82, 2.24) is 34.8 Å². The predicted molar refractivity (Wildman–Crippen MR) is 98.9 cm³/mol. The van der Waals surface area contributed by atoms with Gasteiger partial charge >= 0.3 is 0 Å². The molecule has 0 unspecified atom stereocenters. The highest BCUT2D eigenvalue weighted by molar-refractivity contribution is 5.96. The molecule has 0 radical (unpaired) electrons. The largest absolute Gasteiger partial charge is 0.388 e. The average molecular weight is 392 g/mol. The maximum atomic E-state index is 10.0. The van der Waals surface area contributed by atoms with Crippen molar-refractivity contribution in [2.75, 3.05) is 5.73 Å². The second-order valence-electron chi connectivity index (χ2n) is 5.82.